The highest BCUT2D eigenvalue weighted by Crippen LogP contribution is 2.38. The van der Waals surface area contributed by atoms with Gasteiger partial charge < -0.3 is 9.64 Å². The number of aryl methyl sites for hydroxylation is 1. The van der Waals surface area contributed by atoms with Crippen molar-refractivity contribution in [3.05, 3.63) is 42.1 Å². The SMILES string of the molecule is Cn1nc(-c2ccccc2)cc1C(=O)N1CCC2(CC1)OC(=O)N(C(C)(C)C)C2=O. The molecule has 2 saturated heterocycles. The lowest BCUT2D eigenvalue weighted by molar-refractivity contribution is -0.142. The standard InChI is InChI=1S/C22H26N4O4/c1-21(2,3)26-19(28)22(30-20(26)29)10-12-25(13-11-22)18(27)17-14-16(23-24(17)4)15-8-6-5-7-9-15/h5-9,14H,10-13H2,1-4H3. The smallest absolute Gasteiger partial charge is 0.418 e. The van der Waals surface area contributed by atoms with Crippen LogP contribution < -0.4 is 0 Å². The highest BCUT2D eigenvalue weighted by atomic mass is 16.6. The molecule has 2 aliphatic heterocycles. The van der Waals surface area contributed by atoms with Gasteiger partial charge in [0.15, 0.2) is 5.60 Å². The van der Waals surface area contributed by atoms with E-state index >= 15 is 0 Å². The maximum Gasteiger partial charge on any atom is 0.418 e. The molecule has 1 spiro atoms. The average Bonchev–Trinajstić information content (AvgIpc) is 3.20. The molecule has 1 aromatic heterocycles. The van der Waals surface area contributed by atoms with E-state index in [1.165, 1.54) is 4.90 Å². The summed E-state index contributed by atoms with van der Waals surface area (Å²) in [5.41, 5.74) is 0.345. The van der Waals surface area contributed by atoms with Crippen molar-refractivity contribution in [3.63, 3.8) is 0 Å². The molecule has 3 amide bonds. The van der Waals surface area contributed by atoms with Gasteiger partial charge in [0, 0.05) is 44.1 Å². The van der Waals surface area contributed by atoms with Crippen molar-refractivity contribution in [2.24, 2.45) is 7.05 Å². The maximum atomic E-state index is 13.1. The van der Waals surface area contributed by atoms with Gasteiger partial charge in [-0.15, -0.1) is 0 Å². The van der Waals surface area contributed by atoms with Crippen LogP contribution in [0.5, 0.6) is 0 Å². The van der Waals surface area contributed by atoms with Gasteiger partial charge in [0.1, 0.15) is 5.69 Å². The van der Waals surface area contributed by atoms with Crippen LogP contribution in [0.3, 0.4) is 0 Å². The summed E-state index contributed by atoms with van der Waals surface area (Å²) in [6, 6.07) is 11.5. The molecule has 0 aliphatic carbocycles. The van der Waals surface area contributed by atoms with Crippen LogP contribution in [-0.4, -0.2) is 61.7 Å². The number of carbonyl (C=O) groups excluding carboxylic acids is 3. The Balaban J connectivity index is 1.49. The van der Waals surface area contributed by atoms with Crippen molar-refractivity contribution >= 4 is 17.9 Å². The molecule has 8 heteroatoms. The fourth-order valence-electron chi connectivity index (χ4n) is 4.09. The summed E-state index contributed by atoms with van der Waals surface area (Å²) in [5.74, 6) is -0.453. The van der Waals surface area contributed by atoms with E-state index in [1.807, 2.05) is 30.3 Å². The number of hydrogen-bond acceptors (Lipinski definition) is 5. The van der Waals surface area contributed by atoms with Gasteiger partial charge >= 0.3 is 6.09 Å². The van der Waals surface area contributed by atoms with E-state index in [4.69, 9.17) is 4.74 Å². The van der Waals surface area contributed by atoms with Crippen LogP contribution in [0.4, 0.5) is 4.79 Å². The summed E-state index contributed by atoms with van der Waals surface area (Å²) < 4.78 is 7.12. The minimum absolute atomic E-state index is 0.147. The van der Waals surface area contributed by atoms with Crippen LogP contribution in [-0.2, 0) is 16.6 Å². The second-order valence-corrected chi connectivity index (χ2v) is 8.87. The zero-order chi connectivity index (χ0) is 21.7. The number of amides is 3. The lowest BCUT2D eigenvalue weighted by atomic mass is 9.89. The number of imide groups is 1. The molecule has 2 fully saturated rings. The Bertz CT molecular complexity index is 998. The summed E-state index contributed by atoms with van der Waals surface area (Å²) in [6.45, 7) is 6.08. The van der Waals surface area contributed by atoms with E-state index in [2.05, 4.69) is 5.10 Å². The van der Waals surface area contributed by atoms with Gasteiger partial charge in [-0.2, -0.15) is 5.10 Å². The minimum atomic E-state index is -1.16. The Morgan fingerprint density at radius 3 is 2.30 bits per heavy atom. The molecule has 8 nitrogen and oxygen atoms in total. The first kappa shape index (κ1) is 20.1. The largest absolute Gasteiger partial charge is 0.432 e. The van der Waals surface area contributed by atoms with E-state index in [-0.39, 0.29) is 11.8 Å². The molecule has 0 radical (unpaired) electrons. The molecule has 30 heavy (non-hydrogen) atoms. The maximum absolute atomic E-state index is 13.1. The van der Waals surface area contributed by atoms with Crippen molar-refractivity contribution in [1.82, 2.24) is 19.6 Å². The minimum Gasteiger partial charge on any atom is -0.432 e. The molecular formula is C22H26N4O4. The summed E-state index contributed by atoms with van der Waals surface area (Å²) in [6.07, 6.45) is -0.0233. The van der Waals surface area contributed by atoms with Crippen molar-refractivity contribution in [2.45, 2.75) is 44.8 Å². The zero-order valence-corrected chi connectivity index (χ0v) is 17.7. The van der Waals surface area contributed by atoms with E-state index < -0.39 is 17.2 Å². The Labute approximate surface area is 175 Å². The summed E-state index contributed by atoms with van der Waals surface area (Å²) in [4.78, 5) is 41.3. The number of rotatable bonds is 2. The molecule has 0 N–H and O–H groups in total. The molecule has 3 heterocycles. The quantitative estimate of drug-likeness (QED) is 0.760. The zero-order valence-electron chi connectivity index (χ0n) is 17.7. The molecule has 1 aromatic carbocycles. The van der Waals surface area contributed by atoms with Crippen LogP contribution >= 0.6 is 0 Å². The summed E-state index contributed by atoms with van der Waals surface area (Å²) in [7, 11) is 1.74. The number of aromatic nitrogens is 2. The summed E-state index contributed by atoms with van der Waals surface area (Å²) in [5, 5.41) is 4.47. The summed E-state index contributed by atoms with van der Waals surface area (Å²) >= 11 is 0. The fraction of sp³-hybridized carbons (Fsp3) is 0.455. The van der Waals surface area contributed by atoms with Gasteiger partial charge in [0.05, 0.1) is 5.69 Å². The molecule has 2 aliphatic rings. The second-order valence-electron chi connectivity index (χ2n) is 8.87. The van der Waals surface area contributed by atoms with Gasteiger partial charge in [-0.1, -0.05) is 30.3 Å². The van der Waals surface area contributed by atoms with Gasteiger partial charge in [-0.05, 0) is 26.8 Å². The number of piperidine rings is 1. The molecule has 0 bridgehead atoms. The number of hydrogen-bond donors (Lipinski definition) is 0. The number of nitrogens with zero attached hydrogens (tertiary/aromatic N) is 4. The third kappa shape index (κ3) is 3.26. The van der Waals surface area contributed by atoms with Crippen LogP contribution in [0.25, 0.3) is 11.3 Å². The fourth-order valence-corrected chi connectivity index (χ4v) is 4.09. The monoisotopic (exact) mass is 410 g/mol. The highest BCUT2D eigenvalue weighted by molar-refractivity contribution is 6.04. The van der Waals surface area contributed by atoms with Gasteiger partial charge in [-0.3, -0.25) is 14.3 Å². The lowest BCUT2D eigenvalue weighted by Gasteiger charge is -2.36. The van der Waals surface area contributed by atoms with Crippen molar-refractivity contribution in [1.29, 1.82) is 0 Å². The predicted molar refractivity (Wildman–Crippen MR) is 110 cm³/mol. The molecule has 2 aromatic rings. The lowest BCUT2D eigenvalue weighted by Crippen LogP contribution is -2.54. The molecule has 0 saturated carbocycles. The van der Waals surface area contributed by atoms with Crippen molar-refractivity contribution in [3.8, 4) is 11.3 Å². The van der Waals surface area contributed by atoms with Gasteiger partial charge in [-0.25, -0.2) is 9.69 Å². The third-order valence-electron chi connectivity index (χ3n) is 5.76. The first-order valence-corrected chi connectivity index (χ1v) is 10.1. The van der Waals surface area contributed by atoms with E-state index in [0.29, 0.717) is 31.6 Å². The van der Waals surface area contributed by atoms with Crippen molar-refractivity contribution in [2.75, 3.05) is 13.1 Å². The molecule has 0 atom stereocenters. The second kappa shape index (κ2) is 6.97. The Morgan fingerprint density at radius 2 is 1.73 bits per heavy atom. The Hall–Kier alpha value is -3.16. The van der Waals surface area contributed by atoms with E-state index in [9.17, 15) is 14.4 Å². The first-order valence-electron chi connectivity index (χ1n) is 10.1. The van der Waals surface area contributed by atoms with E-state index in [0.717, 1.165) is 11.3 Å². The topological polar surface area (TPSA) is 84.7 Å². The number of carbonyl (C=O) groups is 3. The molecule has 158 valence electrons. The van der Waals surface area contributed by atoms with Crippen LogP contribution in [0.1, 0.15) is 44.1 Å². The van der Waals surface area contributed by atoms with Crippen LogP contribution in [0, 0.1) is 0 Å². The number of likely N-dealkylation sites (tertiary alicyclic amines) is 1. The van der Waals surface area contributed by atoms with Crippen LogP contribution in [0.15, 0.2) is 36.4 Å². The van der Waals surface area contributed by atoms with Gasteiger partial charge in [0.2, 0.25) is 0 Å². The van der Waals surface area contributed by atoms with Crippen LogP contribution in [0.2, 0.25) is 0 Å². The normalized spacial score (nSPS) is 18.8. The average molecular weight is 410 g/mol. The molecule has 4 rings (SSSR count). The number of benzene rings is 1. The first-order chi connectivity index (χ1) is 14.1. The van der Waals surface area contributed by atoms with Gasteiger partial charge in [0.25, 0.3) is 11.8 Å². The molecule has 0 unspecified atom stereocenters. The Morgan fingerprint density at radius 1 is 1.10 bits per heavy atom. The Kier molecular flexibility index (Phi) is 4.67. The highest BCUT2D eigenvalue weighted by Gasteiger charge is 2.58. The van der Waals surface area contributed by atoms with Crippen molar-refractivity contribution < 1.29 is 19.1 Å². The molecular weight excluding hydrogens is 384 g/mol. The third-order valence-corrected chi connectivity index (χ3v) is 5.76. The predicted octanol–water partition coefficient (Wildman–Crippen LogP) is 2.84. The van der Waals surface area contributed by atoms with E-state index in [1.54, 1.807) is 43.5 Å². The number of ether oxygens (including phenoxy) is 1.